The molecule has 3 heterocycles. The third-order valence-corrected chi connectivity index (χ3v) is 2.67. The fourth-order valence-electron chi connectivity index (χ4n) is 1.77. The molecule has 0 fully saturated rings. The van der Waals surface area contributed by atoms with Gasteiger partial charge in [0.05, 0.1) is 18.3 Å². The van der Waals surface area contributed by atoms with Crippen LogP contribution in [0.25, 0.3) is 11.5 Å². The molecule has 0 aliphatic rings. The zero-order valence-corrected chi connectivity index (χ0v) is 10.9. The number of nitrogens with one attached hydrogen (secondary N) is 1. The van der Waals surface area contributed by atoms with Crippen molar-refractivity contribution in [3.8, 4) is 11.5 Å². The van der Waals surface area contributed by atoms with Crippen LogP contribution in [0.2, 0.25) is 0 Å². The molecule has 3 aromatic rings. The van der Waals surface area contributed by atoms with Crippen molar-refractivity contribution in [1.29, 1.82) is 0 Å². The van der Waals surface area contributed by atoms with Gasteiger partial charge < -0.3 is 9.84 Å². The molecule has 102 valence electrons. The fraction of sp³-hybridized carbons (Fsp3) is 0.250. The van der Waals surface area contributed by atoms with Crippen LogP contribution in [0.15, 0.2) is 35.2 Å². The first-order valence-corrected chi connectivity index (χ1v) is 6.16. The number of aryl methyl sites for hydroxylation is 1. The van der Waals surface area contributed by atoms with E-state index in [0.717, 1.165) is 5.56 Å². The van der Waals surface area contributed by atoms with Gasteiger partial charge in [-0.05, 0) is 19.1 Å². The Hall–Kier alpha value is -2.77. The second-order valence-electron chi connectivity index (χ2n) is 4.14. The van der Waals surface area contributed by atoms with Crippen LogP contribution >= 0.6 is 0 Å². The topological polar surface area (TPSA) is 94.6 Å². The molecular formula is C12H13N7O. The first-order valence-electron chi connectivity index (χ1n) is 6.16. The number of pyridine rings is 1. The molecule has 0 aromatic carbocycles. The molecule has 3 rings (SSSR count). The lowest BCUT2D eigenvalue weighted by Gasteiger charge is -2.07. The maximum absolute atomic E-state index is 5.17. The monoisotopic (exact) mass is 271 g/mol. The van der Waals surface area contributed by atoms with E-state index in [1.165, 1.54) is 0 Å². The summed E-state index contributed by atoms with van der Waals surface area (Å²) < 4.78 is 6.92. The zero-order valence-electron chi connectivity index (χ0n) is 10.9. The van der Waals surface area contributed by atoms with Crippen LogP contribution < -0.4 is 5.32 Å². The van der Waals surface area contributed by atoms with E-state index in [1.807, 2.05) is 18.3 Å². The van der Waals surface area contributed by atoms with Gasteiger partial charge in [0, 0.05) is 18.9 Å². The Morgan fingerprint density at radius 1 is 1.35 bits per heavy atom. The average Bonchev–Trinajstić information content (AvgIpc) is 3.11. The maximum Gasteiger partial charge on any atom is 0.261 e. The number of nitrogens with zero attached hydrogens (tertiary/aromatic N) is 6. The van der Waals surface area contributed by atoms with Gasteiger partial charge in [-0.25, -0.2) is 4.98 Å². The normalized spacial score (nSPS) is 10.7. The second kappa shape index (κ2) is 5.47. The Kier molecular flexibility index (Phi) is 3.36. The Bertz CT molecular complexity index is 677. The van der Waals surface area contributed by atoms with E-state index in [0.29, 0.717) is 30.6 Å². The van der Waals surface area contributed by atoms with Gasteiger partial charge in [0.15, 0.2) is 5.82 Å². The molecule has 3 aromatic heterocycles. The second-order valence-corrected chi connectivity index (χ2v) is 4.14. The molecule has 0 atom stereocenters. The molecule has 0 radical (unpaired) electrons. The molecule has 0 saturated heterocycles. The summed E-state index contributed by atoms with van der Waals surface area (Å²) >= 11 is 0. The summed E-state index contributed by atoms with van der Waals surface area (Å²) in [6.07, 6.45) is 5.17. The number of anilines is 1. The lowest BCUT2D eigenvalue weighted by molar-refractivity contribution is 0.425. The Morgan fingerprint density at radius 3 is 3.05 bits per heavy atom. The standard InChI is InChI=1S/C12H13N7O/c1-9-16-12(20-17-9)10-3-2-4-13-11(10)14-5-7-19-8-6-15-18-19/h2-4,6,8H,5,7H2,1H3,(H,13,14). The minimum Gasteiger partial charge on any atom is -0.368 e. The fourth-order valence-corrected chi connectivity index (χ4v) is 1.77. The number of aromatic nitrogens is 6. The van der Waals surface area contributed by atoms with E-state index in [-0.39, 0.29) is 0 Å². The van der Waals surface area contributed by atoms with Crippen LogP contribution in [-0.4, -0.2) is 36.7 Å². The van der Waals surface area contributed by atoms with Gasteiger partial charge in [0.2, 0.25) is 0 Å². The minimum atomic E-state index is 0.457. The van der Waals surface area contributed by atoms with Crippen LogP contribution in [0.3, 0.4) is 0 Å². The van der Waals surface area contributed by atoms with Crippen molar-refractivity contribution in [3.05, 3.63) is 36.5 Å². The van der Waals surface area contributed by atoms with Gasteiger partial charge in [-0.2, -0.15) is 4.98 Å². The Balaban J connectivity index is 1.73. The van der Waals surface area contributed by atoms with E-state index in [9.17, 15) is 0 Å². The largest absolute Gasteiger partial charge is 0.368 e. The van der Waals surface area contributed by atoms with Crippen LogP contribution in [0.5, 0.6) is 0 Å². The van der Waals surface area contributed by atoms with Crippen LogP contribution in [0, 0.1) is 6.92 Å². The molecular weight excluding hydrogens is 258 g/mol. The van der Waals surface area contributed by atoms with E-state index < -0.39 is 0 Å². The van der Waals surface area contributed by atoms with Crippen molar-refractivity contribution in [2.24, 2.45) is 0 Å². The number of hydrogen-bond donors (Lipinski definition) is 1. The molecule has 0 saturated carbocycles. The summed E-state index contributed by atoms with van der Waals surface area (Å²) in [5.41, 5.74) is 0.784. The first-order chi connectivity index (χ1) is 9.83. The van der Waals surface area contributed by atoms with Gasteiger partial charge >= 0.3 is 0 Å². The lowest BCUT2D eigenvalue weighted by Crippen LogP contribution is -2.12. The van der Waals surface area contributed by atoms with Gasteiger partial charge in [0.25, 0.3) is 5.89 Å². The lowest BCUT2D eigenvalue weighted by atomic mass is 10.2. The maximum atomic E-state index is 5.17. The van der Waals surface area contributed by atoms with Crippen molar-refractivity contribution in [1.82, 2.24) is 30.1 Å². The highest BCUT2D eigenvalue weighted by atomic mass is 16.5. The molecule has 0 bridgehead atoms. The predicted molar refractivity (Wildman–Crippen MR) is 70.8 cm³/mol. The Morgan fingerprint density at radius 2 is 2.30 bits per heavy atom. The molecule has 20 heavy (non-hydrogen) atoms. The molecule has 0 amide bonds. The van der Waals surface area contributed by atoms with Crippen molar-refractivity contribution in [2.75, 3.05) is 11.9 Å². The van der Waals surface area contributed by atoms with Crippen LogP contribution in [0.4, 0.5) is 5.82 Å². The Labute approximate surface area is 114 Å². The van der Waals surface area contributed by atoms with Gasteiger partial charge in [-0.3, -0.25) is 4.68 Å². The molecule has 0 unspecified atom stereocenters. The van der Waals surface area contributed by atoms with E-state index in [2.05, 4.69) is 30.8 Å². The molecule has 0 aliphatic heterocycles. The zero-order chi connectivity index (χ0) is 13.8. The molecule has 1 N–H and O–H groups in total. The van der Waals surface area contributed by atoms with Gasteiger partial charge in [0.1, 0.15) is 5.82 Å². The molecule has 8 nitrogen and oxygen atoms in total. The number of rotatable bonds is 5. The summed E-state index contributed by atoms with van der Waals surface area (Å²) in [4.78, 5) is 8.51. The highest BCUT2D eigenvalue weighted by Crippen LogP contribution is 2.23. The van der Waals surface area contributed by atoms with Crippen molar-refractivity contribution in [2.45, 2.75) is 13.5 Å². The van der Waals surface area contributed by atoms with Gasteiger partial charge in [-0.15, -0.1) is 5.10 Å². The summed E-state index contributed by atoms with van der Waals surface area (Å²) in [7, 11) is 0. The smallest absolute Gasteiger partial charge is 0.261 e. The first kappa shape index (κ1) is 12.3. The average molecular weight is 271 g/mol. The molecule has 0 spiro atoms. The van der Waals surface area contributed by atoms with Crippen LogP contribution in [0.1, 0.15) is 5.82 Å². The van der Waals surface area contributed by atoms with Crippen molar-refractivity contribution >= 4 is 5.82 Å². The van der Waals surface area contributed by atoms with Crippen molar-refractivity contribution < 1.29 is 4.52 Å². The van der Waals surface area contributed by atoms with E-state index in [1.54, 1.807) is 24.0 Å². The van der Waals surface area contributed by atoms with Crippen LogP contribution in [-0.2, 0) is 6.54 Å². The van der Waals surface area contributed by atoms with E-state index >= 15 is 0 Å². The third-order valence-electron chi connectivity index (χ3n) is 2.67. The molecule has 0 aliphatic carbocycles. The van der Waals surface area contributed by atoms with Gasteiger partial charge in [-0.1, -0.05) is 10.4 Å². The third kappa shape index (κ3) is 2.63. The summed E-state index contributed by atoms with van der Waals surface area (Å²) in [6, 6.07) is 3.72. The summed E-state index contributed by atoms with van der Waals surface area (Å²) in [5.74, 6) is 1.76. The highest BCUT2D eigenvalue weighted by molar-refractivity contribution is 5.68. The SMILES string of the molecule is Cc1noc(-c2cccnc2NCCn2ccnn2)n1. The van der Waals surface area contributed by atoms with E-state index in [4.69, 9.17) is 4.52 Å². The quantitative estimate of drug-likeness (QED) is 0.743. The number of hydrogen-bond acceptors (Lipinski definition) is 7. The summed E-state index contributed by atoms with van der Waals surface area (Å²) in [5, 5.41) is 14.7. The predicted octanol–water partition coefficient (Wildman–Crippen LogP) is 1.14. The van der Waals surface area contributed by atoms with Crippen molar-refractivity contribution in [3.63, 3.8) is 0 Å². The molecule has 8 heteroatoms. The highest BCUT2D eigenvalue weighted by Gasteiger charge is 2.11. The minimum absolute atomic E-state index is 0.457. The summed E-state index contributed by atoms with van der Waals surface area (Å²) in [6.45, 7) is 3.14.